The zero-order valence-electron chi connectivity index (χ0n) is 10.3. The maximum absolute atomic E-state index is 13.3. The van der Waals surface area contributed by atoms with Gasteiger partial charge in [-0.2, -0.15) is 0 Å². The van der Waals surface area contributed by atoms with Crippen molar-refractivity contribution >= 4 is 0 Å². The highest BCUT2D eigenvalue weighted by molar-refractivity contribution is 5.37. The van der Waals surface area contributed by atoms with Gasteiger partial charge in [-0.05, 0) is 12.1 Å². The molecule has 0 amide bonds. The van der Waals surface area contributed by atoms with Crippen LogP contribution in [-0.4, -0.2) is 16.2 Å². The van der Waals surface area contributed by atoms with Gasteiger partial charge in [0, 0.05) is 18.2 Å². The highest BCUT2D eigenvalue weighted by Crippen LogP contribution is 2.17. The molecule has 104 valence electrons. The number of aromatic nitrogens is 2. The number of nitrogens with zero attached hydrogens (tertiary/aromatic N) is 1. The van der Waals surface area contributed by atoms with Crippen LogP contribution in [0.2, 0.25) is 0 Å². The number of fused-ring (bicyclic) bond motifs is 1. The van der Waals surface area contributed by atoms with Crippen molar-refractivity contribution in [2.24, 2.45) is 0 Å². The summed E-state index contributed by atoms with van der Waals surface area (Å²) in [5.74, 6) is -1.59. The lowest BCUT2D eigenvalue weighted by Gasteiger charge is -2.20. The van der Waals surface area contributed by atoms with Crippen LogP contribution in [0.25, 0.3) is 5.69 Å². The first-order chi connectivity index (χ1) is 9.56. The topological polar surface area (TPSA) is 64.1 Å². The Balaban J connectivity index is 2.33. The number of hydrogen-bond donors (Lipinski definition) is 1. The zero-order chi connectivity index (χ0) is 14.3. The van der Waals surface area contributed by atoms with Crippen LogP contribution >= 0.6 is 0 Å². The van der Waals surface area contributed by atoms with Crippen LogP contribution in [0.1, 0.15) is 11.3 Å². The summed E-state index contributed by atoms with van der Waals surface area (Å²) in [6, 6.07) is 2.80. The van der Waals surface area contributed by atoms with Gasteiger partial charge in [-0.15, -0.1) is 0 Å². The number of halogens is 2. The van der Waals surface area contributed by atoms with Crippen LogP contribution in [0, 0.1) is 11.6 Å². The Morgan fingerprint density at radius 1 is 1.15 bits per heavy atom. The molecular weight excluding hydrogens is 270 g/mol. The van der Waals surface area contributed by atoms with Gasteiger partial charge in [0.25, 0.3) is 5.56 Å². The fourth-order valence-electron chi connectivity index (χ4n) is 2.31. The van der Waals surface area contributed by atoms with E-state index in [9.17, 15) is 18.4 Å². The standard InChI is InChI=1S/C13H10F2N2O3/c14-7-3-8(15)5-9(4-7)17-11-1-2-20-6-10(11)12(18)16-13(17)19/h3-5H,1-2,6H2,(H,16,18,19). The lowest BCUT2D eigenvalue weighted by atomic mass is 10.1. The summed E-state index contributed by atoms with van der Waals surface area (Å²) >= 11 is 0. The minimum atomic E-state index is -0.793. The fourth-order valence-corrected chi connectivity index (χ4v) is 2.31. The third-order valence-corrected chi connectivity index (χ3v) is 3.15. The van der Waals surface area contributed by atoms with E-state index in [-0.39, 0.29) is 12.3 Å². The van der Waals surface area contributed by atoms with Gasteiger partial charge < -0.3 is 4.74 Å². The first-order valence-corrected chi connectivity index (χ1v) is 5.97. The second kappa shape index (κ2) is 4.68. The maximum atomic E-state index is 13.3. The number of benzene rings is 1. The minimum Gasteiger partial charge on any atom is -0.376 e. The Hall–Kier alpha value is -2.28. The van der Waals surface area contributed by atoms with E-state index in [2.05, 4.69) is 4.98 Å². The van der Waals surface area contributed by atoms with Crippen LogP contribution in [0.4, 0.5) is 8.78 Å². The van der Waals surface area contributed by atoms with Crippen molar-refractivity contribution in [2.45, 2.75) is 13.0 Å². The predicted molar refractivity (Wildman–Crippen MR) is 65.9 cm³/mol. The van der Waals surface area contributed by atoms with Gasteiger partial charge in [-0.1, -0.05) is 0 Å². The highest BCUT2D eigenvalue weighted by atomic mass is 19.1. The molecule has 0 atom stereocenters. The average Bonchev–Trinajstić information content (AvgIpc) is 2.37. The highest BCUT2D eigenvalue weighted by Gasteiger charge is 2.20. The lowest BCUT2D eigenvalue weighted by molar-refractivity contribution is 0.107. The van der Waals surface area contributed by atoms with Crippen molar-refractivity contribution in [1.82, 2.24) is 9.55 Å². The normalized spacial score (nSPS) is 14.1. The summed E-state index contributed by atoms with van der Waals surface area (Å²) in [4.78, 5) is 25.8. The van der Waals surface area contributed by atoms with Crippen molar-refractivity contribution < 1.29 is 13.5 Å². The molecule has 0 bridgehead atoms. The lowest BCUT2D eigenvalue weighted by Crippen LogP contribution is -2.37. The van der Waals surface area contributed by atoms with E-state index in [0.29, 0.717) is 24.3 Å². The van der Waals surface area contributed by atoms with E-state index >= 15 is 0 Å². The number of nitrogens with one attached hydrogen (secondary N) is 1. The number of rotatable bonds is 1. The Kier molecular flexibility index (Phi) is 2.98. The summed E-state index contributed by atoms with van der Waals surface area (Å²) in [5, 5.41) is 0. The van der Waals surface area contributed by atoms with Crippen molar-refractivity contribution in [3.05, 3.63) is 61.9 Å². The number of H-pyrrole nitrogens is 1. The molecule has 5 nitrogen and oxygen atoms in total. The van der Waals surface area contributed by atoms with Crippen molar-refractivity contribution in [2.75, 3.05) is 6.61 Å². The molecule has 1 aromatic heterocycles. The molecule has 1 aliphatic rings. The molecule has 0 fully saturated rings. The Morgan fingerprint density at radius 3 is 2.55 bits per heavy atom. The van der Waals surface area contributed by atoms with E-state index in [0.717, 1.165) is 22.8 Å². The number of aromatic amines is 1. The molecule has 0 unspecified atom stereocenters. The van der Waals surface area contributed by atoms with Crippen molar-refractivity contribution in [3.8, 4) is 5.69 Å². The van der Waals surface area contributed by atoms with Gasteiger partial charge in [-0.25, -0.2) is 13.6 Å². The average molecular weight is 280 g/mol. The van der Waals surface area contributed by atoms with Gasteiger partial charge >= 0.3 is 5.69 Å². The second-order valence-corrected chi connectivity index (χ2v) is 4.45. The van der Waals surface area contributed by atoms with Gasteiger partial charge in [0.15, 0.2) is 0 Å². The molecule has 2 heterocycles. The third-order valence-electron chi connectivity index (χ3n) is 3.15. The fraction of sp³-hybridized carbons (Fsp3) is 0.231. The monoisotopic (exact) mass is 280 g/mol. The molecule has 0 radical (unpaired) electrons. The van der Waals surface area contributed by atoms with Gasteiger partial charge in [0.2, 0.25) is 0 Å². The van der Waals surface area contributed by atoms with E-state index in [1.54, 1.807) is 0 Å². The molecule has 0 saturated heterocycles. The van der Waals surface area contributed by atoms with Crippen LogP contribution in [0.15, 0.2) is 27.8 Å². The van der Waals surface area contributed by atoms with Crippen molar-refractivity contribution in [3.63, 3.8) is 0 Å². The summed E-state index contributed by atoms with van der Waals surface area (Å²) < 4.78 is 32.9. The molecule has 7 heteroatoms. The number of hydrogen-bond acceptors (Lipinski definition) is 3. The van der Waals surface area contributed by atoms with E-state index < -0.39 is 22.9 Å². The molecule has 3 rings (SSSR count). The second-order valence-electron chi connectivity index (χ2n) is 4.45. The Bertz CT molecular complexity index is 775. The summed E-state index contributed by atoms with van der Waals surface area (Å²) in [6.07, 6.45) is 0.326. The molecule has 1 aliphatic heterocycles. The predicted octanol–water partition coefficient (Wildman–Crippen LogP) is 0.877. The summed E-state index contributed by atoms with van der Waals surface area (Å²) in [5.41, 5.74) is -0.476. The first-order valence-electron chi connectivity index (χ1n) is 5.97. The molecule has 2 aromatic rings. The van der Waals surface area contributed by atoms with Gasteiger partial charge in [0.1, 0.15) is 11.6 Å². The smallest absolute Gasteiger partial charge is 0.333 e. The molecule has 1 N–H and O–H groups in total. The molecule has 0 aliphatic carbocycles. The van der Waals surface area contributed by atoms with Gasteiger partial charge in [0.05, 0.1) is 24.5 Å². The molecule has 20 heavy (non-hydrogen) atoms. The van der Waals surface area contributed by atoms with E-state index in [1.165, 1.54) is 0 Å². The quantitative estimate of drug-likeness (QED) is 0.843. The van der Waals surface area contributed by atoms with Crippen LogP contribution in [0.3, 0.4) is 0 Å². The van der Waals surface area contributed by atoms with Crippen LogP contribution in [0.5, 0.6) is 0 Å². The van der Waals surface area contributed by atoms with Gasteiger partial charge in [-0.3, -0.25) is 14.3 Å². The molecule has 0 saturated carbocycles. The molecule has 1 aromatic carbocycles. The van der Waals surface area contributed by atoms with Crippen LogP contribution < -0.4 is 11.2 Å². The minimum absolute atomic E-state index is 0.0434. The molecular formula is C13H10F2N2O3. The summed E-state index contributed by atoms with van der Waals surface area (Å²) in [6.45, 7) is 0.413. The first kappa shape index (κ1) is 12.7. The van der Waals surface area contributed by atoms with Crippen LogP contribution in [-0.2, 0) is 17.8 Å². The Morgan fingerprint density at radius 2 is 1.85 bits per heavy atom. The largest absolute Gasteiger partial charge is 0.376 e. The Labute approximate surface area is 111 Å². The maximum Gasteiger partial charge on any atom is 0.333 e. The van der Waals surface area contributed by atoms with E-state index in [1.807, 2.05) is 0 Å². The molecule has 0 spiro atoms. The summed E-state index contributed by atoms with van der Waals surface area (Å²) in [7, 11) is 0. The van der Waals surface area contributed by atoms with Crippen molar-refractivity contribution in [1.29, 1.82) is 0 Å². The number of ether oxygens (including phenoxy) is 1. The van der Waals surface area contributed by atoms with E-state index in [4.69, 9.17) is 4.74 Å². The SMILES string of the molecule is O=c1[nH]c(=O)n(-c2cc(F)cc(F)c2)c2c1COCC2. The zero-order valence-corrected chi connectivity index (χ0v) is 10.3. The third kappa shape index (κ3) is 2.05.